The Labute approximate surface area is 300 Å². The summed E-state index contributed by atoms with van der Waals surface area (Å²) in [5.74, 6) is 0.0810. The second kappa shape index (κ2) is 17.1. The van der Waals surface area contributed by atoms with Gasteiger partial charge in [0, 0.05) is 87.9 Å². The highest BCUT2D eigenvalue weighted by molar-refractivity contribution is 5.97. The van der Waals surface area contributed by atoms with Gasteiger partial charge in [-0.3, -0.25) is 14.5 Å². The molecule has 272 valence electrons. The molecule has 2 fully saturated rings. The first kappa shape index (κ1) is 36.3. The van der Waals surface area contributed by atoms with Gasteiger partial charge in [-0.2, -0.15) is 5.10 Å². The predicted octanol–water partition coefficient (Wildman–Crippen LogP) is 4.40. The fraction of sp³-hybridized carbons (Fsp3) is 0.487. The van der Waals surface area contributed by atoms with Crippen molar-refractivity contribution in [1.82, 2.24) is 35.6 Å². The van der Waals surface area contributed by atoms with Crippen LogP contribution in [0.3, 0.4) is 0 Å². The SMILES string of the molecule is CCc1nc2c(cnn2CC)c(NC2CCOCC2)c1CNC(=O)CC(=O)NCc1ccc(OC)c(-c2cccc(CN3CCN[C@H](C)C3)c2)c1. The number of carbonyl (C=O) groups excluding carboxylic acids is 2. The Bertz CT molecular complexity index is 1820. The van der Waals surface area contributed by atoms with Gasteiger partial charge in [0.2, 0.25) is 11.8 Å². The summed E-state index contributed by atoms with van der Waals surface area (Å²) in [6.07, 6.45) is 4.07. The maximum atomic E-state index is 13.1. The lowest BCUT2D eigenvalue weighted by atomic mass is 9.99. The molecule has 12 nitrogen and oxygen atoms in total. The Balaban J connectivity index is 1.09. The number of piperazine rings is 1. The highest BCUT2D eigenvalue weighted by Gasteiger charge is 2.23. The Kier molecular flexibility index (Phi) is 12.2. The monoisotopic (exact) mass is 696 g/mol. The highest BCUT2D eigenvalue weighted by Crippen LogP contribution is 2.33. The molecule has 6 rings (SSSR count). The van der Waals surface area contributed by atoms with E-state index >= 15 is 0 Å². The Hall–Kier alpha value is -4.52. The van der Waals surface area contributed by atoms with Gasteiger partial charge in [0.25, 0.3) is 0 Å². The largest absolute Gasteiger partial charge is 0.496 e. The number of benzene rings is 2. The number of aryl methyl sites for hydroxylation is 2. The summed E-state index contributed by atoms with van der Waals surface area (Å²) in [5.41, 5.74) is 7.80. The number of nitrogens with one attached hydrogen (secondary N) is 4. The third-order valence-corrected chi connectivity index (χ3v) is 9.81. The van der Waals surface area contributed by atoms with Gasteiger partial charge in [0.15, 0.2) is 5.65 Å². The number of ether oxygens (including phenoxy) is 2. The van der Waals surface area contributed by atoms with Crippen molar-refractivity contribution < 1.29 is 19.1 Å². The fourth-order valence-electron chi connectivity index (χ4n) is 7.10. The summed E-state index contributed by atoms with van der Waals surface area (Å²) in [6.45, 7) is 13.0. The predicted molar refractivity (Wildman–Crippen MR) is 200 cm³/mol. The average molecular weight is 697 g/mol. The molecular formula is C39H52N8O4. The molecule has 0 bridgehead atoms. The molecule has 2 aromatic carbocycles. The van der Waals surface area contributed by atoms with Crippen molar-refractivity contribution >= 4 is 28.5 Å². The van der Waals surface area contributed by atoms with Gasteiger partial charge < -0.3 is 30.7 Å². The van der Waals surface area contributed by atoms with E-state index in [1.54, 1.807) is 7.11 Å². The van der Waals surface area contributed by atoms with E-state index in [9.17, 15) is 9.59 Å². The zero-order valence-corrected chi connectivity index (χ0v) is 30.4. The minimum absolute atomic E-state index is 0.253. The molecule has 51 heavy (non-hydrogen) atoms. The van der Waals surface area contributed by atoms with Crippen LogP contribution in [0.4, 0.5) is 5.69 Å². The molecule has 2 amide bonds. The van der Waals surface area contributed by atoms with Crippen LogP contribution in [-0.2, 0) is 46.9 Å². The third kappa shape index (κ3) is 9.05. The molecule has 0 unspecified atom stereocenters. The number of amides is 2. The molecule has 0 spiro atoms. The van der Waals surface area contributed by atoms with Crippen molar-refractivity contribution in [3.8, 4) is 16.9 Å². The van der Waals surface area contributed by atoms with Gasteiger partial charge in [-0.05, 0) is 68.0 Å². The standard InChI is InChI=1S/C39H52N8O4/c1-5-34-32(38(44-30-12-16-51-17-13-30)33-23-43-47(6-2)39(33)45-34)22-42-37(49)20-36(48)41-21-27-10-11-35(50-4)31(19-27)29-9-7-8-28(18-29)25-46-15-14-40-26(3)24-46/h7-11,18-19,23,26,30,40H,5-6,12-17,20-22,24-25H2,1-4H3,(H,41,48)(H,42,49)(H,44,45)/t26-/m1/s1. The Morgan fingerprint density at radius 1 is 1.04 bits per heavy atom. The first-order valence-corrected chi connectivity index (χ1v) is 18.3. The normalized spacial score (nSPS) is 17.0. The number of pyridine rings is 1. The maximum Gasteiger partial charge on any atom is 0.229 e. The van der Waals surface area contributed by atoms with Crippen LogP contribution < -0.4 is 26.0 Å². The molecule has 2 aromatic heterocycles. The Morgan fingerprint density at radius 2 is 1.84 bits per heavy atom. The fourth-order valence-corrected chi connectivity index (χ4v) is 7.10. The van der Waals surface area contributed by atoms with E-state index < -0.39 is 0 Å². The van der Waals surface area contributed by atoms with Crippen molar-refractivity contribution in [3.63, 3.8) is 0 Å². The van der Waals surface area contributed by atoms with Crippen LogP contribution in [0, 0.1) is 0 Å². The van der Waals surface area contributed by atoms with Gasteiger partial charge in [0.1, 0.15) is 12.2 Å². The maximum absolute atomic E-state index is 13.1. The topological polar surface area (TPSA) is 135 Å². The van der Waals surface area contributed by atoms with E-state index in [0.29, 0.717) is 38.8 Å². The average Bonchev–Trinajstić information content (AvgIpc) is 3.56. The lowest BCUT2D eigenvalue weighted by molar-refractivity contribution is -0.129. The van der Waals surface area contributed by atoms with Crippen LogP contribution in [0.2, 0.25) is 0 Å². The lowest BCUT2D eigenvalue weighted by Crippen LogP contribution is -2.48. The number of carbonyl (C=O) groups is 2. The summed E-state index contributed by atoms with van der Waals surface area (Å²) < 4.78 is 13.2. The lowest BCUT2D eigenvalue weighted by Gasteiger charge is -2.31. The molecule has 4 heterocycles. The molecule has 4 aromatic rings. The molecule has 2 aliphatic heterocycles. The van der Waals surface area contributed by atoms with Gasteiger partial charge in [-0.1, -0.05) is 31.2 Å². The number of hydrogen-bond donors (Lipinski definition) is 4. The van der Waals surface area contributed by atoms with Crippen LogP contribution in [0.25, 0.3) is 22.2 Å². The number of nitrogens with zero attached hydrogens (tertiary/aromatic N) is 4. The number of aromatic nitrogens is 3. The first-order valence-electron chi connectivity index (χ1n) is 18.3. The van der Waals surface area contributed by atoms with Gasteiger partial charge >= 0.3 is 0 Å². The van der Waals surface area contributed by atoms with Gasteiger partial charge in [-0.25, -0.2) is 9.67 Å². The molecule has 4 N–H and O–H groups in total. The minimum atomic E-state index is -0.345. The van der Waals surface area contributed by atoms with Gasteiger partial charge in [0.05, 0.1) is 24.4 Å². The molecule has 2 aliphatic rings. The van der Waals surface area contributed by atoms with Gasteiger partial charge in [-0.15, -0.1) is 0 Å². The van der Waals surface area contributed by atoms with E-state index in [4.69, 9.17) is 14.5 Å². The molecule has 1 atom stereocenters. The van der Waals surface area contributed by atoms with Crippen LogP contribution in [-0.4, -0.2) is 83.5 Å². The molecular weight excluding hydrogens is 644 g/mol. The summed E-state index contributed by atoms with van der Waals surface area (Å²) >= 11 is 0. The van der Waals surface area contributed by atoms with Crippen LogP contribution in [0.1, 0.15) is 62.4 Å². The molecule has 0 saturated carbocycles. The molecule has 0 radical (unpaired) electrons. The summed E-state index contributed by atoms with van der Waals surface area (Å²) in [7, 11) is 1.67. The Morgan fingerprint density at radius 3 is 2.59 bits per heavy atom. The van der Waals surface area contributed by atoms with Crippen molar-refractivity contribution in [2.45, 2.75) is 84.7 Å². The van der Waals surface area contributed by atoms with Crippen molar-refractivity contribution in [2.24, 2.45) is 0 Å². The number of methoxy groups -OCH3 is 1. The third-order valence-electron chi connectivity index (χ3n) is 9.81. The summed E-state index contributed by atoms with van der Waals surface area (Å²) in [6, 6.07) is 15.2. The van der Waals surface area contributed by atoms with E-state index in [-0.39, 0.29) is 30.8 Å². The highest BCUT2D eigenvalue weighted by atomic mass is 16.5. The van der Waals surface area contributed by atoms with E-state index in [1.807, 2.05) is 36.0 Å². The number of rotatable bonds is 14. The second-order valence-corrected chi connectivity index (χ2v) is 13.5. The van der Waals surface area contributed by atoms with E-state index in [2.05, 4.69) is 69.4 Å². The number of anilines is 1. The zero-order chi connectivity index (χ0) is 35.7. The van der Waals surface area contributed by atoms with Crippen molar-refractivity contribution in [2.75, 3.05) is 45.3 Å². The minimum Gasteiger partial charge on any atom is -0.496 e. The molecule has 12 heteroatoms. The van der Waals surface area contributed by atoms with Crippen LogP contribution in [0.5, 0.6) is 5.75 Å². The number of hydrogen-bond acceptors (Lipinski definition) is 9. The summed E-state index contributed by atoms with van der Waals surface area (Å²) in [4.78, 5) is 33.5. The first-order chi connectivity index (χ1) is 24.8. The van der Waals surface area contributed by atoms with Crippen molar-refractivity contribution in [3.05, 3.63) is 71.0 Å². The molecule has 2 saturated heterocycles. The quantitative estimate of drug-likeness (QED) is 0.142. The van der Waals surface area contributed by atoms with Crippen LogP contribution >= 0.6 is 0 Å². The zero-order valence-electron chi connectivity index (χ0n) is 30.4. The van der Waals surface area contributed by atoms with Crippen molar-refractivity contribution in [1.29, 1.82) is 0 Å². The smallest absolute Gasteiger partial charge is 0.229 e. The number of fused-ring (bicyclic) bond motifs is 1. The van der Waals surface area contributed by atoms with E-state index in [1.165, 1.54) is 5.56 Å². The van der Waals surface area contributed by atoms with E-state index in [0.717, 1.165) is 89.4 Å². The molecule has 0 aliphatic carbocycles. The summed E-state index contributed by atoms with van der Waals surface area (Å²) in [5, 5.41) is 18.7. The van der Waals surface area contributed by atoms with Crippen LogP contribution in [0.15, 0.2) is 48.7 Å². The second-order valence-electron chi connectivity index (χ2n) is 13.5.